The molecule has 60 valence electrons. The molecule has 0 saturated heterocycles. The lowest BCUT2D eigenvalue weighted by molar-refractivity contribution is 0.256. The Morgan fingerprint density at radius 1 is 1.10 bits per heavy atom. The van der Waals surface area contributed by atoms with Gasteiger partial charge < -0.3 is 21.7 Å². The summed E-state index contributed by atoms with van der Waals surface area (Å²) in [5.74, 6) is -0.0370. The van der Waals surface area contributed by atoms with E-state index in [9.17, 15) is 0 Å². The first kappa shape index (κ1) is 11.4. The fraction of sp³-hybridized carbons (Fsp3) is 0.400. The Hall–Kier alpha value is -1.39. The maximum absolute atomic E-state index is 9.00. The van der Waals surface area contributed by atoms with Crippen molar-refractivity contribution in [2.45, 2.75) is 13.8 Å². The highest BCUT2D eigenvalue weighted by molar-refractivity contribution is 5.69. The van der Waals surface area contributed by atoms with Crippen LogP contribution in [0.25, 0.3) is 0 Å². The van der Waals surface area contributed by atoms with Gasteiger partial charge in [-0.3, -0.25) is 0 Å². The molecule has 0 aliphatic carbocycles. The van der Waals surface area contributed by atoms with Gasteiger partial charge in [0.15, 0.2) is 0 Å². The van der Waals surface area contributed by atoms with Crippen LogP contribution in [-0.4, -0.2) is 16.2 Å². The molecule has 0 atom stereocenters. The van der Waals surface area contributed by atoms with Crippen LogP contribution in [-0.2, 0) is 0 Å². The number of rotatable bonds is 0. The van der Waals surface area contributed by atoms with Crippen molar-refractivity contribution in [3.63, 3.8) is 0 Å². The van der Waals surface area contributed by atoms with Gasteiger partial charge in [0, 0.05) is 0 Å². The molecule has 0 spiro atoms. The minimum absolute atomic E-state index is 0.0185. The second-order valence-electron chi connectivity index (χ2n) is 1.57. The van der Waals surface area contributed by atoms with Gasteiger partial charge in [0.1, 0.15) is 11.5 Å². The molecule has 0 unspecified atom stereocenters. The molecule has 5 nitrogen and oxygen atoms in total. The highest BCUT2D eigenvalue weighted by atomic mass is 16.3. The lowest BCUT2D eigenvalue weighted by atomic mass is 10.5. The Balaban J connectivity index is 0. The van der Waals surface area contributed by atoms with Crippen LogP contribution in [0.2, 0.25) is 0 Å². The number of hydrogen-bond acceptors (Lipinski definition) is 3. The van der Waals surface area contributed by atoms with Crippen LogP contribution in [0, 0.1) is 0 Å². The number of aliphatic hydroxyl groups excluding tert-OH is 2. The van der Waals surface area contributed by atoms with Crippen LogP contribution in [0.3, 0.4) is 0 Å². The topological polar surface area (TPSA) is 110 Å². The second kappa shape index (κ2) is 5.74. The Bertz CT molecular complexity index is 120. The van der Waals surface area contributed by atoms with Gasteiger partial charge in [-0.2, -0.15) is 0 Å². The van der Waals surface area contributed by atoms with E-state index < -0.39 is 6.03 Å². The van der Waals surface area contributed by atoms with Crippen LogP contribution in [0.15, 0.2) is 11.5 Å². The van der Waals surface area contributed by atoms with Crippen LogP contribution in [0.1, 0.15) is 13.8 Å². The Kier molecular flexibility index (Phi) is 6.55. The van der Waals surface area contributed by atoms with E-state index in [1.165, 1.54) is 13.8 Å². The van der Waals surface area contributed by atoms with E-state index in [1.807, 2.05) is 0 Å². The number of carbonyl (C=O) groups is 1. The summed E-state index contributed by atoms with van der Waals surface area (Å²) >= 11 is 0. The molecule has 0 bridgehead atoms. The molecular formula is C5H12N2O3. The second-order valence-corrected chi connectivity index (χ2v) is 1.57. The molecule has 0 fully saturated rings. The minimum Gasteiger partial charge on any atom is -0.509 e. The van der Waals surface area contributed by atoms with Crippen molar-refractivity contribution in [1.29, 1.82) is 0 Å². The van der Waals surface area contributed by atoms with E-state index in [-0.39, 0.29) is 11.5 Å². The zero-order valence-electron chi connectivity index (χ0n) is 5.96. The van der Waals surface area contributed by atoms with Gasteiger partial charge in [-0.15, -0.1) is 0 Å². The SMILES string of the molecule is CC(O)=C(C)O.NC(N)=O. The van der Waals surface area contributed by atoms with Crippen LogP contribution in [0.4, 0.5) is 4.79 Å². The Morgan fingerprint density at radius 3 is 1.20 bits per heavy atom. The van der Waals surface area contributed by atoms with Crippen molar-refractivity contribution in [3.05, 3.63) is 11.5 Å². The van der Waals surface area contributed by atoms with Gasteiger partial charge in [0.2, 0.25) is 0 Å². The van der Waals surface area contributed by atoms with Crippen LogP contribution in [0.5, 0.6) is 0 Å². The largest absolute Gasteiger partial charge is 0.509 e. The van der Waals surface area contributed by atoms with Gasteiger partial charge in [-0.25, -0.2) is 4.79 Å². The summed E-state index contributed by atoms with van der Waals surface area (Å²) in [6.45, 7) is 2.85. The number of amides is 2. The molecule has 0 aliphatic rings. The quantitative estimate of drug-likeness (QED) is 0.372. The van der Waals surface area contributed by atoms with E-state index in [0.29, 0.717) is 0 Å². The number of urea groups is 1. The van der Waals surface area contributed by atoms with E-state index in [2.05, 4.69) is 11.5 Å². The number of carbonyl (C=O) groups excluding carboxylic acids is 1. The molecular weight excluding hydrogens is 136 g/mol. The first-order chi connectivity index (χ1) is 4.37. The molecule has 10 heavy (non-hydrogen) atoms. The van der Waals surface area contributed by atoms with Crippen molar-refractivity contribution in [2.75, 3.05) is 0 Å². The monoisotopic (exact) mass is 148 g/mol. The summed E-state index contributed by atoms with van der Waals surface area (Å²) in [6, 6.07) is -0.833. The van der Waals surface area contributed by atoms with Crippen molar-refractivity contribution in [1.82, 2.24) is 0 Å². The molecule has 0 rings (SSSR count). The van der Waals surface area contributed by atoms with Gasteiger partial charge in [0.25, 0.3) is 0 Å². The summed E-state index contributed by atoms with van der Waals surface area (Å²) in [6.07, 6.45) is 0. The summed E-state index contributed by atoms with van der Waals surface area (Å²) in [5.41, 5.74) is 8.50. The van der Waals surface area contributed by atoms with E-state index in [1.54, 1.807) is 0 Å². The predicted octanol–water partition coefficient (Wildman–Crippen LogP) is 0.378. The molecule has 0 aliphatic heterocycles. The summed E-state index contributed by atoms with van der Waals surface area (Å²) in [4.78, 5) is 9.00. The Labute approximate surface area is 58.9 Å². The summed E-state index contributed by atoms with van der Waals surface area (Å²) in [7, 11) is 0. The Morgan fingerprint density at radius 2 is 1.20 bits per heavy atom. The summed E-state index contributed by atoms with van der Waals surface area (Å²) in [5, 5.41) is 16.5. The molecule has 0 heterocycles. The highest BCUT2D eigenvalue weighted by Gasteiger charge is 1.82. The molecule has 0 aromatic rings. The smallest absolute Gasteiger partial charge is 0.309 e. The van der Waals surface area contributed by atoms with Gasteiger partial charge >= 0.3 is 6.03 Å². The number of primary amides is 2. The number of nitrogens with two attached hydrogens (primary N) is 2. The van der Waals surface area contributed by atoms with Crippen molar-refractivity contribution < 1.29 is 15.0 Å². The first-order valence-electron chi connectivity index (χ1n) is 2.48. The van der Waals surface area contributed by atoms with Crippen molar-refractivity contribution >= 4 is 6.03 Å². The highest BCUT2D eigenvalue weighted by Crippen LogP contribution is 1.89. The van der Waals surface area contributed by atoms with Gasteiger partial charge in [0.05, 0.1) is 0 Å². The average molecular weight is 148 g/mol. The first-order valence-corrected chi connectivity index (χ1v) is 2.48. The third-order valence-corrected chi connectivity index (χ3v) is 0.524. The van der Waals surface area contributed by atoms with Gasteiger partial charge in [-0.1, -0.05) is 0 Å². The van der Waals surface area contributed by atoms with Crippen molar-refractivity contribution in [3.8, 4) is 0 Å². The predicted molar refractivity (Wildman–Crippen MR) is 37.4 cm³/mol. The lowest BCUT2D eigenvalue weighted by Gasteiger charge is -1.86. The number of aliphatic hydroxyl groups is 2. The third kappa shape index (κ3) is 30.5. The minimum atomic E-state index is -0.833. The lowest BCUT2D eigenvalue weighted by Crippen LogP contribution is -2.18. The van der Waals surface area contributed by atoms with E-state index in [0.717, 1.165) is 0 Å². The molecule has 0 aromatic carbocycles. The molecule has 0 aromatic heterocycles. The molecule has 5 heteroatoms. The standard InChI is InChI=1S/C4H8O2.CH4N2O/c1-3(5)4(2)6;2-1(3)4/h5-6H,1-2H3;(H4,2,3,4). The fourth-order valence-corrected chi connectivity index (χ4v) is 0. The number of hydrogen-bond donors (Lipinski definition) is 4. The molecule has 6 N–H and O–H groups in total. The third-order valence-electron chi connectivity index (χ3n) is 0.524. The number of allylic oxidation sites excluding steroid dienone is 2. The molecule has 2 amide bonds. The van der Waals surface area contributed by atoms with Crippen LogP contribution < -0.4 is 11.5 Å². The zero-order chi connectivity index (χ0) is 8.73. The zero-order valence-corrected chi connectivity index (χ0v) is 5.96. The summed E-state index contributed by atoms with van der Waals surface area (Å²) < 4.78 is 0. The fourth-order valence-electron chi connectivity index (χ4n) is 0. The normalized spacial score (nSPS) is 10.6. The maximum atomic E-state index is 9.00. The molecule has 0 radical (unpaired) electrons. The van der Waals surface area contributed by atoms with E-state index >= 15 is 0 Å². The maximum Gasteiger partial charge on any atom is 0.309 e. The van der Waals surface area contributed by atoms with Crippen LogP contribution >= 0.6 is 0 Å². The van der Waals surface area contributed by atoms with E-state index in [4.69, 9.17) is 15.0 Å². The molecule has 0 saturated carbocycles. The average Bonchev–Trinajstić information content (AvgIpc) is 1.63. The van der Waals surface area contributed by atoms with Gasteiger partial charge in [-0.05, 0) is 13.8 Å². The van der Waals surface area contributed by atoms with Crippen molar-refractivity contribution in [2.24, 2.45) is 11.5 Å².